The number of amides is 1. The monoisotopic (exact) mass is 409 g/mol. The first kappa shape index (κ1) is 19.9. The average Bonchev–Trinajstić information content (AvgIpc) is 2.88. The molecule has 0 radical (unpaired) electrons. The molecule has 1 aliphatic heterocycles. The normalized spacial score (nSPS) is 19.4. The van der Waals surface area contributed by atoms with Gasteiger partial charge in [0, 0.05) is 22.5 Å². The molecule has 4 nitrogen and oxygen atoms in total. The van der Waals surface area contributed by atoms with E-state index in [0.29, 0.717) is 23.0 Å². The maximum absolute atomic E-state index is 12.7. The van der Waals surface area contributed by atoms with Gasteiger partial charge in [-0.1, -0.05) is 36.5 Å². The number of rotatable bonds is 7. The molecule has 8 heteroatoms. The van der Waals surface area contributed by atoms with Crippen molar-refractivity contribution < 1.29 is 13.2 Å². The van der Waals surface area contributed by atoms with E-state index in [4.69, 9.17) is 23.2 Å². The molecule has 1 heterocycles. The van der Waals surface area contributed by atoms with Gasteiger partial charge in [0.05, 0.1) is 22.3 Å². The molecule has 1 saturated heterocycles. The number of thioether (sulfide) groups is 1. The van der Waals surface area contributed by atoms with E-state index in [1.165, 1.54) is 11.8 Å². The summed E-state index contributed by atoms with van der Waals surface area (Å²) in [6.07, 6.45) is 2.35. The molecule has 134 valence electrons. The Labute approximate surface area is 157 Å². The minimum atomic E-state index is -3.02. The number of halogens is 2. The third-order valence-corrected chi connectivity index (χ3v) is 7.43. The van der Waals surface area contributed by atoms with Gasteiger partial charge in [-0.2, -0.15) is 0 Å². The van der Waals surface area contributed by atoms with Gasteiger partial charge in [-0.25, -0.2) is 8.42 Å². The zero-order chi connectivity index (χ0) is 17.7. The van der Waals surface area contributed by atoms with Gasteiger partial charge in [-0.3, -0.25) is 4.79 Å². The fourth-order valence-electron chi connectivity index (χ4n) is 2.67. The maximum atomic E-state index is 12.7. The van der Waals surface area contributed by atoms with Crippen molar-refractivity contribution in [3.05, 3.63) is 28.2 Å². The van der Waals surface area contributed by atoms with Gasteiger partial charge in [-0.15, -0.1) is 11.8 Å². The van der Waals surface area contributed by atoms with Crippen LogP contribution in [0.1, 0.15) is 26.2 Å². The number of nitrogens with zero attached hydrogens (tertiary/aromatic N) is 1. The summed E-state index contributed by atoms with van der Waals surface area (Å²) in [6.45, 7) is 2.65. The molecule has 0 saturated carbocycles. The van der Waals surface area contributed by atoms with Crippen LogP contribution in [0.3, 0.4) is 0 Å². The standard InChI is InChI=1S/C16H21Cl2NO3S2/c1-2-3-7-19(13-6-8-24(21,22)11-13)16(20)10-23-15-9-12(17)4-5-14(15)18/h4-5,9,13H,2-3,6-8,10-11H2,1H3. The predicted molar refractivity (Wildman–Crippen MR) is 101 cm³/mol. The van der Waals surface area contributed by atoms with Crippen molar-refractivity contribution in [2.24, 2.45) is 0 Å². The number of carbonyl (C=O) groups excluding carboxylic acids is 1. The number of hydrogen-bond donors (Lipinski definition) is 0. The van der Waals surface area contributed by atoms with Crippen LogP contribution < -0.4 is 0 Å². The van der Waals surface area contributed by atoms with E-state index in [2.05, 4.69) is 6.92 Å². The lowest BCUT2D eigenvalue weighted by atomic mass is 10.2. The Kier molecular flexibility index (Phi) is 7.28. The fourth-order valence-corrected chi connectivity index (χ4v) is 5.78. The zero-order valence-electron chi connectivity index (χ0n) is 13.5. The quantitative estimate of drug-likeness (QED) is 0.640. The molecule has 1 amide bonds. The topological polar surface area (TPSA) is 54.5 Å². The number of unbranched alkanes of at least 4 members (excludes halogenated alkanes) is 1. The smallest absolute Gasteiger partial charge is 0.233 e. The van der Waals surface area contributed by atoms with E-state index in [0.717, 1.165) is 17.7 Å². The Balaban J connectivity index is 2.03. The molecule has 2 rings (SSSR count). The van der Waals surface area contributed by atoms with Crippen molar-refractivity contribution >= 4 is 50.7 Å². The molecule has 0 bridgehead atoms. The van der Waals surface area contributed by atoms with E-state index >= 15 is 0 Å². The second kappa shape index (κ2) is 8.79. The Morgan fingerprint density at radius 1 is 1.38 bits per heavy atom. The molecule has 1 atom stereocenters. The van der Waals surface area contributed by atoms with Crippen LogP contribution in [-0.4, -0.2) is 49.1 Å². The molecule has 24 heavy (non-hydrogen) atoms. The number of sulfone groups is 1. The summed E-state index contributed by atoms with van der Waals surface area (Å²) in [5.74, 6) is 0.415. The molecule has 0 spiro atoms. The van der Waals surface area contributed by atoms with Crippen molar-refractivity contribution in [1.29, 1.82) is 0 Å². The van der Waals surface area contributed by atoms with Gasteiger partial charge in [0.25, 0.3) is 0 Å². The lowest BCUT2D eigenvalue weighted by molar-refractivity contribution is -0.130. The van der Waals surface area contributed by atoms with Gasteiger partial charge in [0.2, 0.25) is 5.91 Å². The van der Waals surface area contributed by atoms with Crippen LogP contribution in [-0.2, 0) is 14.6 Å². The van der Waals surface area contributed by atoms with E-state index in [1.54, 1.807) is 23.1 Å². The fraction of sp³-hybridized carbons (Fsp3) is 0.562. The first-order chi connectivity index (χ1) is 11.3. The first-order valence-corrected chi connectivity index (χ1v) is 11.5. The van der Waals surface area contributed by atoms with Crippen molar-refractivity contribution in [2.45, 2.75) is 37.1 Å². The third kappa shape index (κ3) is 5.55. The summed E-state index contributed by atoms with van der Waals surface area (Å²) in [6, 6.07) is 4.93. The molecule has 1 aromatic rings. The highest BCUT2D eigenvalue weighted by atomic mass is 35.5. The second-order valence-electron chi connectivity index (χ2n) is 5.86. The van der Waals surface area contributed by atoms with Crippen molar-refractivity contribution in [2.75, 3.05) is 23.8 Å². The molecular formula is C16H21Cl2NO3S2. The summed E-state index contributed by atoms with van der Waals surface area (Å²) in [5.41, 5.74) is 0. The number of benzene rings is 1. The van der Waals surface area contributed by atoms with Gasteiger partial charge < -0.3 is 4.90 Å². The van der Waals surface area contributed by atoms with Crippen LogP contribution in [0, 0.1) is 0 Å². The Morgan fingerprint density at radius 2 is 2.12 bits per heavy atom. The van der Waals surface area contributed by atoms with Crippen LogP contribution in [0.2, 0.25) is 10.0 Å². The minimum Gasteiger partial charge on any atom is -0.338 e. The largest absolute Gasteiger partial charge is 0.338 e. The molecule has 0 aromatic heterocycles. The molecule has 1 fully saturated rings. The van der Waals surface area contributed by atoms with Crippen molar-refractivity contribution in [1.82, 2.24) is 4.90 Å². The Bertz CT molecular complexity index is 695. The maximum Gasteiger partial charge on any atom is 0.233 e. The lowest BCUT2D eigenvalue weighted by Crippen LogP contribution is -2.42. The third-order valence-electron chi connectivity index (χ3n) is 3.97. The van der Waals surface area contributed by atoms with Crippen molar-refractivity contribution in [3.63, 3.8) is 0 Å². The highest BCUT2D eigenvalue weighted by Crippen LogP contribution is 2.30. The number of carbonyl (C=O) groups is 1. The zero-order valence-corrected chi connectivity index (χ0v) is 16.6. The summed E-state index contributed by atoms with van der Waals surface area (Å²) < 4.78 is 23.5. The van der Waals surface area contributed by atoms with Crippen molar-refractivity contribution in [3.8, 4) is 0 Å². The lowest BCUT2D eigenvalue weighted by Gasteiger charge is -2.28. The highest BCUT2D eigenvalue weighted by Gasteiger charge is 2.34. The van der Waals surface area contributed by atoms with E-state index in [1.807, 2.05) is 0 Å². The van der Waals surface area contributed by atoms with Crippen LogP contribution in [0.5, 0.6) is 0 Å². The summed E-state index contributed by atoms with van der Waals surface area (Å²) in [4.78, 5) is 15.1. The molecule has 0 aliphatic carbocycles. The second-order valence-corrected chi connectivity index (χ2v) is 9.95. The molecule has 0 N–H and O–H groups in total. The highest BCUT2D eigenvalue weighted by molar-refractivity contribution is 8.00. The van der Waals surface area contributed by atoms with Gasteiger partial charge in [0.1, 0.15) is 0 Å². The Morgan fingerprint density at radius 3 is 2.75 bits per heavy atom. The summed E-state index contributed by atoms with van der Waals surface area (Å²) >= 11 is 13.4. The summed E-state index contributed by atoms with van der Waals surface area (Å²) in [5, 5.41) is 1.12. The van der Waals surface area contributed by atoms with E-state index in [-0.39, 0.29) is 29.2 Å². The molecule has 1 unspecified atom stereocenters. The minimum absolute atomic E-state index is 0.0495. The van der Waals surface area contributed by atoms with Gasteiger partial charge in [0.15, 0.2) is 9.84 Å². The Hall–Kier alpha value is -0.430. The van der Waals surface area contributed by atoms with E-state index < -0.39 is 9.84 Å². The van der Waals surface area contributed by atoms with Gasteiger partial charge >= 0.3 is 0 Å². The van der Waals surface area contributed by atoms with Gasteiger partial charge in [-0.05, 0) is 31.0 Å². The van der Waals surface area contributed by atoms with E-state index in [9.17, 15) is 13.2 Å². The molecule has 1 aliphatic rings. The average molecular weight is 410 g/mol. The summed E-state index contributed by atoms with van der Waals surface area (Å²) in [7, 11) is -3.02. The van der Waals surface area contributed by atoms with Crippen LogP contribution in [0.15, 0.2) is 23.1 Å². The van der Waals surface area contributed by atoms with Crippen LogP contribution >= 0.6 is 35.0 Å². The van der Waals surface area contributed by atoms with Crippen LogP contribution in [0.4, 0.5) is 0 Å². The number of hydrogen-bond acceptors (Lipinski definition) is 4. The SMILES string of the molecule is CCCCN(C(=O)CSc1cc(Cl)ccc1Cl)C1CCS(=O)(=O)C1. The molecular weight excluding hydrogens is 389 g/mol. The first-order valence-electron chi connectivity index (χ1n) is 7.90. The van der Waals surface area contributed by atoms with Crippen LogP contribution in [0.25, 0.3) is 0 Å². The molecule has 1 aromatic carbocycles. The predicted octanol–water partition coefficient (Wildman–Crippen LogP) is 3.90.